The second kappa shape index (κ2) is 7.69. The molecule has 3 aromatic rings. The van der Waals surface area contributed by atoms with Gasteiger partial charge in [-0.3, -0.25) is 14.6 Å². The highest BCUT2D eigenvalue weighted by Crippen LogP contribution is 2.28. The zero-order valence-corrected chi connectivity index (χ0v) is 14.5. The van der Waals surface area contributed by atoms with Crippen molar-refractivity contribution in [1.82, 2.24) is 4.98 Å². The molecule has 0 saturated heterocycles. The first-order valence-electron chi connectivity index (χ1n) is 8.06. The van der Waals surface area contributed by atoms with Gasteiger partial charge in [-0.25, -0.2) is 0 Å². The van der Waals surface area contributed by atoms with Crippen LogP contribution in [0.25, 0.3) is 0 Å². The molecule has 7 heteroatoms. The Balaban J connectivity index is 1.68. The van der Waals surface area contributed by atoms with Crippen molar-refractivity contribution in [2.75, 3.05) is 24.9 Å². The fraction of sp³-hybridized carbons (Fsp3) is 0.211. The summed E-state index contributed by atoms with van der Waals surface area (Å²) in [5.74, 6) is 1.23. The van der Waals surface area contributed by atoms with Gasteiger partial charge in [0.2, 0.25) is 0 Å². The second-order valence-corrected chi connectivity index (χ2v) is 5.63. The summed E-state index contributed by atoms with van der Waals surface area (Å²) in [6.45, 7) is 0.750. The maximum Gasteiger partial charge on any atom is 0.253 e. The largest absolute Gasteiger partial charge is 0.493 e. The summed E-state index contributed by atoms with van der Waals surface area (Å²) in [6, 6.07) is 11.0. The number of pyridine rings is 1. The average Bonchev–Trinajstić information content (AvgIpc) is 2.70. The summed E-state index contributed by atoms with van der Waals surface area (Å²) in [4.78, 5) is 27.9. The number of nitrogens with zero attached hydrogens (tertiary/aromatic N) is 1. The van der Waals surface area contributed by atoms with Crippen LogP contribution in [0.5, 0.6) is 11.5 Å². The summed E-state index contributed by atoms with van der Waals surface area (Å²) >= 11 is 0. The number of methoxy groups -OCH3 is 2. The Labute approximate surface area is 150 Å². The van der Waals surface area contributed by atoms with Crippen molar-refractivity contribution in [3.63, 3.8) is 0 Å². The van der Waals surface area contributed by atoms with E-state index in [0.717, 1.165) is 11.3 Å². The second-order valence-electron chi connectivity index (χ2n) is 5.63. The topological polar surface area (TPSA) is 89.5 Å². The molecule has 3 rings (SSSR count). The fourth-order valence-electron chi connectivity index (χ4n) is 2.59. The molecular formula is C19H19N3O4. The minimum Gasteiger partial charge on any atom is -0.493 e. The van der Waals surface area contributed by atoms with E-state index in [2.05, 4.69) is 15.6 Å². The van der Waals surface area contributed by atoms with E-state index in [1.807, 2.05) is 30.3 Å². The van der Waals surface area contributed by atoms with Gasteiger partial charge in [0.05, 0.1) is 26.5 Å². The predicted molar refractivity (Wildman–Crippen MR) is 99.8 cm³/mol. The van der Waals surface area contributed by atoms with Crippen LogP contribution in [0.4, 0.5) is 11.4 Å². The van der Waals surface area contributed by atoms with Crippen molar-refractivity contribution < 1.29 is 9.47 Å². The number of rotatable bonds is 8. The predicted octanol–water partition coefficient (Wildman–Crippen LogP) is 1.92. The molecule has 0 aliphatic rings. The molecule has 0 aliphatic heterocycles. The minimum absolute atomic E-state index is 0.292. The van der Waals surface area contributed by atoms with E-state index in [0.29, 0.717) is 36.0 Å². The van der Waals surface area contributed by atoms with Gasteiger partial charge in [-0.2, -0.15) is 0 Å². The molecule has 1 heterocycles. The summed E-state index contributed by atoms with van der Waals surface area (Å²) in [5, 5.41) is 6.00. The van der Waals surface area contributed by atoms with Gasteiger partial charge in [-0.05, 0) is 29.8 Å². The van der Waals surface area contributed by atoms with Crippen LogP contribution in [0.1, 0.15) is 11.3 Å². The van der Waals surface area contributed by atoms with Gasteiger partial charge in [0.1, 0.15) is 11.4 Å². The maximum absolute atomic E-state index is 11.9. The standard InChI is InChI=1S/C19H19N3O4/c1-25-14-7-6-12(9-15(14)26-2)10-21-16-17(19(24)18(16)23)22-11-13-5-3-4-8-20-13/h3-9,21-22H,10-11H2,1-2H3. The molecule has 1 aromatic heterocycles. The maximum atomic E-state index is 11.9. The highest BCUT2D eigenvalue weighted by atomic mass is 16.5. The Morgan fingerprint density at radius 1 is 0.885 bits per heavy atom. The lowest BCUT2D eigenvalue weighted by molar-refractivity contribution is 0.354. The minimum atomic E-state index is -0.519. The van der Waals surface area contributed by atoms with Crippen LogP contribution >= 0.6 is 0 Å². The van der Waals surface area contributed by atoms with Crippen molar-refractivity contribution in [3.05, 3.63) is 74.3 Å². The molecule has 134 valence electrons. The third kappa shape index (κ3) is 3.51. The number of hydrogen-bond acceptors (Lipinski definition) is 7. The lowest BCUT2D eigenvalue weighted by atomic mass is 10.1. The Bertz CT molecular complexity index is 963. The zero-order chi connectivity index (χ0) is 18.5. The van der Waals surface area contributed by atoms with Crippen LogP contribution < -0.4 is 31.0 Å². The molecule has 0 spiro atoms. The van der Waals surface area contributed by atoms with Gasteiger partial charge < -0.3 is 20.1 Å². The molecule has 0 fully saturated rings. The molecule has 26 heavy (non-hydrogen) atoms. The highest BCUT2D eigenvalue weighted by molar-refractivity contribution is 5.74. The van der Waals surface area contributed by atoms with E-state index in [4.69, 9.17) is 9.47 Å². The number of ether oxygens (including phenoxy) is 2. The van der Waals surface area contributed by atoms with E-state index in [1.165, 1.54) is 0 Å². The van der Waals surface area contributed by atoms with Crippen LogP contribution in [0.3, 0.4) is 0 Å². The molecule has 0 amide bonds. The van der Waals surface area contributed by atoms with Gasteiger partial charge in [-0.1, -0.05) is 12.1 Å². The first-order valence-corrected chi connectivity index (χ1v) is 8.06. The van der Waals surface area contributed by atoms with Crippen LogP contribution in [-0.4, -0.2) is 19.2 Å². The van der Waals surface area contributed by atoms with Crippen molar-refractivity contribution >= 4 is 11.4 Å². The number of aromatic nitrogens is 1. The van der Waals surface area contributed by atoms with Crippen molar-refractivity contribution in [1.29, 1.82) is 0 Å². The smallest absolute Gasteiger partial charge is 0.253 e. The van der Waals surface area contributed by atoms with Crippen molar-refractivity contribution in [2.45, 2.75) is 13.1 Å². The third-order valence-electron chi connectivity index (χ3n) is 4.00. The van der Waals surface area contributed by atoms with Crippen molar-refractivity contribution in [3.8, 4) is 11.5 Å². The Hall–Kier alpha value is -3.35. The fourth-order valence-corrected chi connectivity index (χ4v) is 2.59. The van der Waals surface area contributed by atoms with Gasteiger partial charge >= 0.3 is 0 Å². The number of anilines is 2. The molecule has 0 saturated carbocycles. The average molecular weight is 353 g/mol. The number of nitrogens with one attached hydrogen (secondary N) is 2. The summed E-state index contributed by atoms with van der Waals surface area (Å²) < 4.78 is 10.5. The van der Waals surface area contributed by atoms with Crippen LogP contribution in [0, 0.1) is 0 Å². The first-order chi connectivity index (χ1) is 12.6. The molecule has 2 N–H and O–H groups in total. The molecule has 0 bridgehead atoms. The highest BCUT2D eigenvalue weighted by Gasteiger charge is 2.20. The van der Waals surface area contributed by atoms with Gasteiger partial charge in [0, 0.05) is 12.7 Å². The van der Waals surface area contributed by atoms with Gasteiger partial charge in [-0.15, -0.1) is 0 Å². The quantitative estimate of drug-likeness (QED) is 0.598. The molecule has 2 aromatic carbocycles. The Morgan fingerprint density at radius 3 is 2.19 bits per heavy atom. The SMILES string of the molecule is COc1ccc(CNc2c(NCc3ccccn3)c(=O)c2=O)cc1OC. The van der Waals surface area contributed by atoms with Crippen LogP contribution in [0.15, 0.2) is 52.2 Å². The van der Waals surface area contributed by atoms with Crippen LogP contribution in [-0.2, 0) is 13.1 Å². The lowest BCUT2D eigenvalue weighted by Gasteiger charge is -2.15. The van der Waals surface area contributed by atoms with E-state index in [9.17, 15) is 9.59 Å². The van der Waals surface area contributed by atoms with E-state index in [-0.39, 0.29) is 0 Å². The lowest BCUT2D eigenvalue weighted by Crippen LogP contribution is -2.37. The molecule has 0 radical (unpaired) electrons. The molecule has 0 atom stereocenters. The number of hydrogen-bond donors (Lipinski definition) is 2. The third-order valence-corrected chi connectivity index (χ3v) is 4.00. The van der Waals surface area contributed by atoms with Gasteiger partial charge in [0.15, 0.2) is 11.5 Å². The molecule has 0 unspecified atom stereocenters. The zero-order valence-electron chi connectivity index (χ0n) is 14.5. The molecular weight excluding hydrogens is 334 g/mol. The van der Waals surface area contributed by atoms with E-state index < -0.39 is 10.9 Å². The molecule has 7 nitrogen and oxygen atoms in total. The molecule has 0 aliphatic carbocycles. The monoisotopic (exact) mass is 353 g/mol. The van der Waals surface area contributed by atoms with E-state index in [1.54, 1.807) is 26.5 Å². The van der Waals surface area contributed by atoms with Crippen molar-refractivity contribution in [2.24, 2.45) is 0 Å². The Morgan fingerprint density at radius 2 is 1.58 bits per heavy atom. The summed E-state index contributed by atoms with van der Waals surface area (Å²) in [6.07, 6.45) is 1.68. The first kappa shape index (κ1) is 17.5. The number of benzene rings is 1. The van der Waals surface area contributed by atoms with Crippen LogP contribution in [0.2, 0.25) is 0 Å². The summed E-state index contributed by atoms with van der Waals surface area (Å²) in [5.41, 5.74) is 1.23. The van der Waals surface area contributed by atoms with Gasteiger partial charge in [0.25, 0.3) is 10.9 Å². The summed E-state index contributed by atoms with van der Waals surface area (Å²) in [7, 11) is 3.13. The normalized spacial score (nSPS) is 10.5. The Kier molecular flexibility index (Phi) is 5.17. The van der Waals surface area contributed by atoms with E-state index >= 15 is 0 Å².